The summed E-state index contributed by atoms with van der Waals surface area (Å²) in [5.41, 5.74) is -0.689. The Bertz CT molecular complexity index is 361. The molecule has 2 atom stereocenters. The smallest absolute Gasteiger partial charge is 0.407 e. The number of amides is 3. The van der Waals surface area contributed by atoms with Crippen LogP contribution in [0.2, 0.25) is 0 Å². The number of rotatable bonds is 3. The molecule has 0 spiro atoms. The lowest BCUT2D eigenvalue weighted by Crippen LogP contribution is -2.46. The predicted molar refractivity (Wildman–Crippen MR) is 60.0 cm³/mol. The Morgan fingerprint density at radius 3 is 2.50 bits per heavy atom. The van der Waals surface area contributed by atoms with Crippen molar-refractivity contribution in [2.75, 3.05) is 6.61 Å². The number of hydrogen-bond donors (Lipinski definition) is 2. The number of alkyl carbamates (subject to hydrolysis) is 1. The van der Waals surface area contributed by atoms with Gasteiger partial charge in [0.05, 0.1) is 12.0 Å². The molecule has 1 heterocycles. The summed E-state index contributed by atoms with van der Waals surface area (Å²) < 4.78 is 4.99. The molecule has 1 aliphatic rings. The van der Waals surface area contributed by atoms with Crippen LogP contribution in [0.15, 0.2) is 0 Å². The first-order chi connectivity index (χ1) is 8.23. The Hall–Kier alpha value is -1.63. The quantitative estimate of drug-likeness (QED) is 0.693. The second-order valence-electron chi connectivity index (χ2n) is 5.14. The molecule has 2 unspecified atom stereocenters. The SMILES string of the molecule is CC(C)(C)OC(=O)NC(C[O])C1CC(=O)NC1=O. The largest absolute Gasteiger partial charge is 0.444 e. The van der Waals surface area contributed by atoms with Crippen LogP contribution >= 0.6 is 0 Å². The monoisotopic (exact) mass is 257 g/mol. The van der Waals surface area contributed by atoms with E-state index in [1.165, 1.54) is 0 Å². The number of nitrogens with one attached hydrogen (secondary N) is 2. The van der Waals surface area contributed by atoms with Gasteiger partial charge in [-0.25, -0.2) is 9.90 Å². The van der Waals surface area contributed by atoms with Crippen molar-refractivity contribution in [3.8, 4) is 0 Å². The average molecular weight is 257 g/mol. The molecule has 2 N–H and O–H groups in total. The molecule has 1 aliphatic heterocycles. The van der Waals surface area contributed by atoms with Crippen LogP contribution in [0.25, 0.3) is 0 Å². The van der Waals surface area contributed by atoms with Gasteiger partial charge in [-0.15, -0.1) is 0 Å². The highest BCUT2D eigenvalue weighted by Gasteiger charge is 2.38. The first-order valence-electron chi connectivity index (χ1n) is 5.64. The van der Waals surface area contributed by atoms with Gasteiger partial charge in [0.1, 0.15) is 12.2 Å². The van der Waals surface area contributed by atoms with Gasteiger partial charge in [-0.3, -0.25) is 14.9 Å². The minimum atomic E-state index is -0.939. The van der Waals surface area contributed by atoms with E-state index in [9.17, 15) is 19.5 Å². The van der Waals surface area contributed by atoms with E-state index in [1.807, 2.05) is 0 Å². The van der Waals surface area contributed by atoms with Crippen molar-refractivity contribution in [3.63, 3.8) is 0 Å². The van der Waals surface area contributed by atoms with Gasteiger partial charge >= 0.3 is 6.09 Å². The Morgan fingerprint density at radius 1 is 1.50 bits per heavy atom. The number of carbonyl (C=O) groups is 3. The zero-order valence-corrected chi connectivity index (χ0v) is 10.6. The predicted octanol–water partition coefficient (Wildman–Crippen LogP) is -0.0271. The molecule has 18 heavy (non-hydrogen) atoms. The summed E-state index contributed by atoms with van der Waals surface area (Å²) in [6, 6.07) is -0.939. The highest BCUT2D eigenvalue weighted by molar-refractivity contribution is 6.04. The lowest BCUT2D eigenvalue weighted by Gasteiger charge is -2.24. The molecule has 0 aromatic heterocycles. The van der Waals surface area contributed by atoms with Crippen molar-refractivity contribution in [2.45, 2.75) is 38.8 Å². The van der Waals surface area contributed by atoms with E-state index >= 15 is 0 Å². The normalized spacial score (nSPS) is 21.4. The van der Waals surface area contributed by atoms with Crippen molar-refractivity contribution in [1.82, 2.24) is 10.6 Å². The summed E-state index contributed by atoms with van der Waals surface area (Å²) in [6.45, 7) is 4.37. The number of carbonyl (C=O) groups excluding carboxylic acids is 3. The summed E-state index contributed by atoms with van der Waals surface area (Å²) >= 11 is 0. The Labute approximate surface area is 105 Å². The van der Waals surface area contributed by atoms with E-state index in [1.54, 1.807) is 20.8 Å². The van der Waals surface area contributed by atoms with Crippen LogP contribution in [0.1, 0.15) is 27.2 Å². The van der Waals surface area contributed by atoms with Crippen molar-refractivity contribution < 1.29 is 24.2 Å². The number of hydrogen-bond acceptors (Lipinski definition) is 4. The van der Waals surface area contributed by atoms with Gasteiger partial charge in [0.25, 0.3) is 0 Å². The van der Waals surface area contributed by atoms with Gasteiger partial charge in [-0.1, -0.05) is 0 Å². The Morgan fingerprint density at radius 2 is 2.11 bits per heavy atom. The molecule has 1 rings (SSSR count). The molecule has 101 valence electrons. The van der Waals surface area contributed by atoms with Gasteiger partial charge in [-0.2, -0.15) is 0 Å². The third-order valence-electron chi connectivity index (χ3n) is 2.37. The van der Waals surface area contributed by atoms with Crippen LogP contribution in [0, 0.1) is 5.92 Å². The fraction of sp³-hybridized carbons (Fsp3) is 0.727. The van der Waals surface area contributed by atoms with E-state index in [2.05, 4.69) is 10.6 Å². The van der Waals surface area contributed by atoms with Gasteiger partial charge in [0.2, 0.25) is 11.8 Å². The summed E-state index contributed by atoms with van der Waals surface area (Å²) in [5.74, 6) is -1.78. The molecule has 1 fully saturated rings. The summed E-state index contributed by atoms with van der Waals surface area (Å²) in [6.07, 6.45) is -0.850. The summed E-state index contributed by atoms with van der Waals surface area (Å²) in [5, 5.41) is 15.4. The molecule has 3 amide bonds. The average Bonchev–Trinajstić information content (AvgIpc) is 2.51. The number of imide groups is 1. The summed E-state index contributed by atoms with van der Waals surface area (Å²) in [7, 11) is 0. The lowest BCUT2D eigenvalue weighted by atomic mass is 9.99. The van der Waals surface area contributed by atoms with Crippen molar-refractivity contribution in [1.29, 1.82) is 0 Å². The van der Waals surface area contributed by atoms with Crippen molar-refractivity contribution in [2.24, 2.45) is 5.92 Å². The van der Waals surface area contributed by atoms with Crippen LogP contribution < -0.4 is 10.6 Å². The minimum absolute atomic E-state index is 0.0818. The molecule has 1 saturated heterocycles. The van der Waals surface area contributed by atoms with Crippen LogP contribution in [-0.2, 0) is 19.4 Å². The Kier molecular flexibility index (Phi) is 4.28. The van der Waals surface area contributed by atoms with Gasteiger partial charge in [0.15, 0.2) is 0 Å². The van der Waals surface area contributed by atoms with E-state index in [4.69, 9.17) is 4.74 Å². The lowest BCUT2D eigenvalue weighted by molar-refractivity contribution is -0.126. The molecule has 0 aromatic carbocycles. The molecule has 0 bridgehead atoms. The molecule has 1 radical (unpaired) electrons. The van der Waals surface area contributed by atoms with Crippen LogP contribution in [0.4, 0.5) is 4.79 Å². The van der Waals surface area contributed by atoms with E-state index in [0.717, 1.165) is 0 Å². The third kappa shape index (κ3) is 3.99. The molecule has 0 aliphatic carbocycles. The van der Waals surface area contributed by atoms with E-state index in [0.29, 0.717) is 0 Å². The first-order valence-corrected chi connectivity index (χ1v) is 5.64. The van der Waals surface area contributed by atoms with Crippen LogP contribution in [0.3, 0.4) is 0 Å². The highest BCUT2D eigenvalue weighted by Crippen LogP contribution is 2.16. The number of ether oxygens (including phenoxy) is 1. The molecule has 7 nitrogen and oxygen atoms in total. The minimum Gasteiger partial charge on any atom is -0.444 e. The maximum atomic E-state index is 11.5. The molecule has 0 aromatic rings. The van der Waals surface area contributed by atoms with Gasteiger partial charge in [-0.05, 0) is 20.8 Å². The van der Waals surface area contributed by atoms with Crippen molar-refractivity contribution in [3.05, 3.63) is 0 Å². The molecular weight excluding hydrogens is 240 g/mol. The first kappa shape index (κ1) is 14.4. The van der Waals surface area contributed by atoms with Crippen molar-refractivity contribution >= 4 is 17.9 Å². The van der Waals surface area contributed by atoms with Crippen LogP contribution in [0.5, 0.6) is 0 Å². The zero-order valence-electron chi connectivity index (χ0n) is 10.6. The standard InChI is InChI=1S/C11H17N2O5/c1-11(2,3)18-10(17)12-7(5-14)6-4-8(15)13-9(6)16/h6-7H,4-5H2,1-3H3,(H,12,17)(H,13,15,16). The molecule has 7 heteroatoms. The van der Waals surface area contributed by atoms with E-state index < -0.39 is 42.1 Å². The topological polar surface area (TPSA) is 104 Å². The summed E-state index contributed by atoms with van der Waals surface area (Å²) in [4.78, 5) is 33.9. The van der Waals surface area contributed by atoms with E-state index in [-0.39, 0.29) is 6.42 Å². The fourth-order valence-electron chi connectivity index (χ4n) is 1.62. The fourth-order valence-corrected chi connectivity index (χ4v) is 1.62. The maximum Gasteiger partial charge on any atom is 0.407 e. The zero-order chi connectivity index (χ0) is 13.9. The second kappa shape index (κ2) is 5.34. The Balaban J connectivity index is 2.60. The molecule has 0 saturated carbocycles. The second-order valence-corrected chi connectivity index (χ2v) is 5.14. The maximum absolute atomic E-state index is 11.5. The molecular formula is C11H17N2O5. The third-order valence-corrected chi connectivity index (χ3v) is 2.37. The highest BCUT2D eigenvalue weighted by atomic mass is 16.6. The van der Waals surface area contributed by atoms with Gasteiger partial charge < -0.3 is 10.1 Å². The van der Waals surface area contributed by atoms with Crippen LogP contribution in [-0.4, -0.2) is 36.2 Å². The van der Waals surface area contributed by atoms with Gasteiger partial charge in [0, 0.05) is 6.42 Å².